The van der Waals surface area contributed by atoms with Gasteiger partial charge in [0.15, 0.2) is 0 Å². The van der Waals surface area contributed by atoms with Crippen molar-refractivity contribution in [3.8, 4) is 5.75 Å². The van der Waals surface area contributed by atoms with E-state index in [4.69, 9.17) is 4.55 Å². The zero-order valence-electron chi connectivity index (χ0n) is 13.4. The number of phenolic OH excluding ortho intramolecular Hbond substituents is 1. The van der Waals surface area contributed by atoms with Crippen LogP contribution in [0.1, 0.15) is 49.9 Å². The highest BCUT2D eigenvalue weighted by Gasteiger charge is 2.17. The fourth-order valence-corrected chi connectivity index (χ4v) is 3.05. The lowest BCUT2D eigenvalue weighted by atomic mass is 9.91. The maximum absolute atomic E-state index is 10.3. The largest absolute Gasteiger partial charge is 0.507 e. The molecule has 0 radical (unpaired) electrons. The molecule has 0 heterocycles. The monoisotopic (exact) mass is 334 g/mol. The Bertz CT molecular complexity index is 500. The molecular weight excluding hydrogens is 308 g/mol. The lowest BCUT2D eigenvalue weighted by molar-refractivity contribution is 0.459. The van der Waals surface area contributed by atoms with E-state index in [1.54, 1.807) is 0 Å². The van der Waals surface area contributed by atoms with Gasteiger partial charge in [0.1, 0.15) is 5.75 Å². The first-order chi connectivity index (χ1) is 9.62. The molecule has 0 bridgehead atoms. The minimum Gasteiger partial charge on any atom is -0.507 e. The van der Waals surface area contributed by atoms with Crippen LogP contribution in [-0.2, 0) is 35.8 Å². The van der Waals surface area contributed by atoms with E-state index in [-0.39, 0.29) is 0 Å². The van der Waals surface area contributed by atoms with Crippen LogP contribution in [-0.4, -0.2) is 24.3 Å². The van der Waals surface area contributed by atoms with E-state index in [2.05, 4.69) is 40.3 Å². The van der Waals surface area contributed by atoms with Crippen molar-refractivity contribution < 1.29 is 18.1 Å². The van der Waals surface area contributed by atoms with Gasteiger partial charge in [-0.15, -0.1) is 12.6 Å². The highest BCUT2D eigenvalue weighted by molar-refractivity contribution is 7.85. The van der Waals surface area contributed by atoms with Crippen LogP contribution in [0.3, 0.4) is 0 Å². The van der Waals surface area contributed by atoms with Gasteiger partial charge in [-0.25, -0.2) is 0 Å². The van der Waals surface area contributed by atoms with Crippen LogP contribution < -0.4 is 0 Å². The number of thiol groups is 1. The number of hydrogen-bond acceptors (Lipinski definition) is 4. The lowest BCUT2D eigenvalue weighted by Crippen LogP contribution is -2.03. The lowest BCUT2D eigenvalue weighted by Gasteiger charge is -2.19. The summed E-state index contributed by atoms with van der Waals surface area (Å²) in [6, 6.07) is 0. The van der Waals surface area contributed by atoms with Crippen molar-refractivity contribution in [3.05, 3.63) is 22.3 Å². The van der Waals surface area contributed by atoms with E-state index in [9.17, 15) is 13.5 Å². The number of aromatic hydroxyl groups is 1. The van der Waals surface area contributed by atoms with Crippen LogP contribution in [0.15, 0.2) is 4.90 Å². The Morgan fingerprint density at radius 2 is 1.10 bits per heavy atom. The van der Waals surface area contributed by atoms with Gasteiger partial charge in [-0.05, 0) is 47.9 Å². The van der Waals surface area contributed by atoms with Crippen LogP contribution >= 0.6 is 12.6 Å². The van der Waals surface area contributed by atoms with Gasteiger partial charge >= 0.3 is 0 Å². The summed E-state index contributed by atoms with van der Waals surface area (Å²) in [5.74, 6) is 0.511. The van der Waals surface area contributed by atoms with Crippen molar-refractivity contribution in [3.63, 3.8) is 0 Å². The van der Waals surface area contributed by atoms with Gasteiger partial charge in [-0.1, -0.05) is 27.7 Å². The Morgan fingerprint density at radius 3 is 1.29 bits per heavy atom. The molecule has 0 aliphatic heterocycles. The molecule has 21 heavy (non-hydrogen) atoms. The molecule has 0 amide bonds. The molecule has 122 valence electrons. The van der Waals surface area contributed by atoms with Gasteiger partial charge in [-0.3, -0.25) is 4.55 Å². The first-order valence-corrected chi connectivity index (χ1v) is 9.41. The summed E-state index contributed by atoms with van der Waals surface area (Å²) in [5.41, 5.74) is 4.61. The summed E-state index contributed by atoms with van der Waals surface area (Å²) in [4.78, 5) is 1.09. The molecule has 0 atom stereocenters. The zero-order chi connectivity index (χ0) is 16.8. The summed E-state index contributed by atoms with van der Waals surface area (Å²) in [5, 5.41) is 10.3. The molecule has 1 aromatic carbocycles. The maximum atomic E-state index is 10.3. The van der Waals surface area contributed by atoms with Gasteiger partial charge in [0.2, 0.25) is 0 Å². The molecule has 0 aromatic heterocycles. The maximum Gasteiger partial charge on any atom is 0.261 e. The Kier molecular flexibility index (Phi) is 8.36. The number of phenols is 1. The first kappa shape index (κ1) is 20.3. The Hall–Kier alpha value is -0.720. The molecule has 0 aliphatic carbocycles. The standard InChI is InChI=1S/C14H22OS.CH4O3S/c1-5-9-11(7-3)14(16)12(8-4)10(6-2)13(9)15;1-5(2,3)4/h15-16H,5-8H2,1-4H3;1H3,(H,2,3,4). The molecule has 0 unspecified atom stereocenters. The molecule has 0 spiro atoms. The zero-order valence-corrected chi connectivity index (χ0v) is 15.1. The normalized spacial score (nSPS) is 11.0. The van der Waals surface area contributed by atoms with Crippen molar-refractivity contribution in [2.24, 2.45) is 0 Å². The minimum absolute atomic E-state index is 0.511. The fraction of sp³-hybridized carbons (Fsp3) is 0.600. The number of rotatable bonds is 4. The van der Waals surface area contributed by atoms with E-state index < -0.39 is 10.1 Å². The molecule has 0 saturated carbocycles. The molecular formula is C15H26O4S2. The smallest absolute Gasteiger partial charge is 0.261 e. The molecule has 4 nitrogen and oxygen atoms in total. The number of benzene rings is 1. The first-order valence-electron chi connectivity index (χ1n) is 7.11. The van der Waals surface area contributed by atoms with Crippen molar-refractivity contribution >= 4 is 22.7 Å². The predicted octanol–water partition coefficient (Wildman–Crippen LogP) is 3.43. The SMILES string of the molecule is CCc1c(O)c(CC)c(CC)c(S)c1CC.CS(=O)(=O)O. The molecule has 0 aliphatic rings. The van der Waals surface area contributed by atoms with Crippen LogP contribution in [0.25, 0.3) is 0 Å². The second-order valence-corrected chi connectivity index (χ2v) is 6.67. The van der Waals surface area contributed by atoms with Gasteiger partial charge in [-0.2, -0.15) is 8.42 Å². The summed E-state index contributed by atoms with van der Waals surface area (Å²) in [7, 11) is -3.67. The minimum atomic E-state index is -3.67. The summed E-state index contributed by atoms with van der Waals surface area (Å²) >= 11 is 4.66. The van der Waals surface area contributed by atoms with Crippen molar-refractivity contribution in [1.82, 2.24) is 0 Å². The summed E-state index contributed by atoms with van der Waals surface area (Å²) < 4.78 is 25.9. The van der Waals surface area contributed by atoms with Crippen LogP contribution in [0.2, 0.25) is 0 Å². The van der Waals surface area contributed by atoms with Gasteiger partial charge in [0.05, 0.1) is 6.26 Å². The predicted molar refractivity (Wildman–Crippen MR) is 90.3 cm³/mol. The second kappa shape index (κ2) is 8.66. The highest BCUT2D eigenvalue weighted by atomic mass is 32.2. The fourth-order valence-electron chi connectivity index (χ4n) is 2.46. The van der Waals surface area contributed by atoms with E-state index >= 15 is 0 Å². The van der Waals surface area contributed by atoms with Gasteiger partial charge in [0.25, 0.3) is 10.1 Å². The van der Waals surface area contributed by atoms with Crippen LogP contribution in [0.5, 0.6) is 5.75 Å². The number of hydrogen-bond donors (Lipinski definition) is 3. The van der Waals surface area contributed by atoms with Crippen molar-refractivity contribution in [2.45, 2.75) is 58.3 Å². The summed E-state index contributed by atoms with van der Waals surface area (Å²) in [6.45, 7) is 8.43. The molecule has 6 heteroatoms. The average molecular weight is 335 g/mol. The quantitative estimate of drug-likeness (QED) is 0.582. The average Bonchev–Trinajstić information content (AvgIpc) is 2.37. The topological polar surface area (TPSA) is 74.6 Å². The Balaban J connectivity index is 0.000000690. The van der Waals surface area contributed by atoms with E-state index in [0.29, 0.717) is 12.0 Å². The molecule has 0 saturated heterocycles. The van der Waals surface area contributed by atoms with E-state index in [1.165, 1.54) is 11.1 Å². The van der Waals surface area contributed by atoms with Crippen molar-refractivity contribution in [2.75, 3.05) is 6.26 Å². The van der Waals surface area contributed by atoms with Crippen LogP contribution in [0, 0.1) is 0 Å². The molecule has 2 N–H and O–H groups in total. The molecule has 1 aromatic rings. The van der Waals surface area contributed by atoms with E-state index in [0.717, 1.165) is 41.7 Å². The Labute approximate surface area is 133 Å². The van der Waals surface area contributed by atoms with Gasteiger partial charge < -0.3 is 5.11 Å². The molecule has 1 rings (SSSR count). The second-order valence-electron chi connectivity index (χ2n) is 4.76. The van der Waals surface area contributed by atoms with Gasteiger partial charge in [0, 0.05) is 4.90 Å². The third-order valence-corrected chi connectivity index (χ3v) is 3.83. The Morgan fingerprint density at radius 1 is 0.857 bits per heavy atom. The highest BCUT2D eigenvalue weighted by Crippen LogP contribution is 2.36. The summed E-state index contributed by atoms with van der Waals surface area (Å²) in [6.07, 6.45) is 4.34. The van der Waals surface area contributed by atoms with Crippen LogP contribution in [0.4, 0.5) is 0 Å². The van der Waals surface area contributed by atoms with Crippen molar-refractivity contribution in [1.29, 1.82) is 0 Å². The molecule has 0 fully saturated rings. The van der Waals surface area contributed by atoms with E-state index in [1.807, 2.05) is 0 Å². The third-order valence-electron chi connectivity index (χ3n) is 3.29. The third kappa shape index (κ3) is 5.88.